The normalized spacial score (nSPS) is 11.2. The van der Waals surface area contributed by atoms with Crippen molar-refractivity contribution in [3.63, 3.8) is 0 Å². The predicted octanol–water partition coefficient (Wildman–Crippen LogP) is 6.39. The first kappa shape index (κ1) is 20.6. The molecular formula is C26H20ClN3OS. The quantitative estimate of drug-likeness (QED) is 0.237. The van der Waals surface area contributed by atoms with Crippen molar-refractivity contribution in [2.45, 2.75) is 17.5 Å². The second-order valence-electron chi connectivity index (χ2n) is 7.44. The number of hydrogen-bond acceptors (Lipinski definition) is 3. The summed E-state index contributed by atoms with van der Waals surface area (Å²) in [5.41, 5.74) is 5.12. The lowest BCUT2D eigenvalue weighted by atomic mass is 10.1. The number of hydrogen-bond donors (Lipinski definition) is 1. The lowest BCUT2D eigenvalue weighted by molar-refractivity contribution is 0.657. The van der Waals surface area contributed by atoms with Gasteiger partial charge < -0.3 is 4.98 Å². The fourth-order valence-corrected chi connectivity index (χ4v) is 4.96. The number of aromatic amines is 1. The van der Waals surface area contributed by atoms with Crippen LogP contribution in [0.25, 0.3) is 22.2 Å². The third-order valence-electron chi connectivity index (χ3n) is 5.33. The zero-order valence-electron chi connectivity index (χ0n) is 17.2. The maximum absolute atomic E-state index is 13.5. The van der Waals surface area contributed by atoms with Gasteiger partial charge in [0, 0.05) is 22.5 Å². The molecule has 3 aromatic carbocycles. The molecule has 0 unspecified atom stereocenters. The average molecular weight is 458 g/mol. The van der Waals surface area contributed by atoms with Crippen LogP contribution in [-0.2, 0) is 12.3 Å². The van der Waals surface area contributed by atoms with Gasteiger partial charge in [-0.3, -0.25) is 9.36 Å². The van der Waals surface area contributed by atoms with Crippen molar-refractivity contribution in [1.29, 1.82) is 0 Å². The first-order valence-electron chi connectivity index (χ1n) is 10.3. The van der Waals surface area contributed by atoms with Crippen LogP contribution in [0.4, 0.5) is 0 Å². The summed E-state index contributed by atoms with van der Waals surface area (Å²) in [6.07, 6.45) is 1.86. The fraction of sp³-hybridized carbons (Fsp3) is 0.0769. The van der Waals surface area contributed by atoms with Crippen molar-refractivity contribution < 1.29 is 0 Å². The van der Waals surface area contributed by atoms with Gasteiger partial charge in [0.1, 0.15) is 11.0 Å². The smallest absolute Gasteiger partial charge is 0.278 e. The van der Waals surface area contributed by atoms with E-state index in [-0.39, 0.29) is 5.56 Å². The Balaban J connectivity index is 1.62. The third kappa shape index (κ3) is 4.09. The minimum absolute atomic E-state index is 0.0808. The molecule has 0 aliphatic heterocycles. The summed E-state index contributed by atoms with van der Waals surface area (Å²) < 4.78 is 1.74. The number of H-pyrrole nitrogens is 1. The van der Waals surface area contributed by atoms with Crippen molar-refractivity contribution in [2.24, 2.45) is 0 Å². The highest BCUT2D eigenvalue weighted by atomic mass is 35.5. The highest BCUT2D eigenvalue weighted by Gasteiger charge is 2.17. The molecule has 0 atom stereocenters. The number of nitrogens with zero attached hydrogens (tertiary/aromatic N) is 2. The van der Waals surface area contributed by atoms with E-state index in [4.69, 9.17) is 16.6 Å². The van der Waals surface area contributed by atoms with Crippen LogP contribution in [0, 0.1) is 0 Å². The van der Waals surface area contributed by atoms with Gasteiger partial charge in [0.25, 0.3) is 5.56 Å². The molecule has 0 aliphatic rings. The van der Waals surface area contributed by atoms with E-state index >= 15 is 0 Å². The van der Waals surface area contributed by atoms with Crippen LogP contribution in [-0.4, -0.2) is 14.5 Å². The Bertz CT molecular complexity index is 1430. The standard InChI is InChI=1S/C26H20ClN3OS/c27-22-14-8-7-13-20(22)17-32-26-29-23-21(19-11-5-2-6-12-19)15-28-24(23)25(31)30(26)16-18-9-3-1-4-10-18/h1-15,28H,16-17H2. The predicted molar refractivity (Wildman–Crippen MR) is 132 cm³/mol. The first-order chi connectivity index (χ1) is 15.7. The van der Waals surface area contributed by atoms with Gasteiger partial charge in [-0.15, -0.1) is 0 Å². The largest absolute Gasteiger partial charge is 0.355 e. The molecule has 0 spiro atoms. The molecule has 6 heteroatoms. The van der Waals surface area contributed by atoms with E-state index in [0.29, 0.717) is 33.5 Å². The molecule has 0 radical (unpaired) electrons. The van der Waals surface area contributed by atoms with Crippen LogP contribution >= 0.6 is 23.4 Å². The summed E-state index contributed by atoms with van der Waals surface area (Å²) in [5.74, 6) is 0.623. The van der Waals surface area contributed by atoms with Crippen LogP contribution in [0.15, 0.2) is 101 Å². The number of rotatable bonds is 6. The molecule has 0 amide bonds. The number of halogens is 1. The monoisotopic (exact) mass is 457 g/mol. The van der Waals surface area contributed by atoms with Gasteiger partial charge in [-0.05, 0) is 22.8 Å². The second-order valence-corrected chi connectivity index (χ2v) is 8.79. The molecular weight excluding hydrogens is 438 g/mol. The first-order valence-corrected chi connectivity index (χ1v) is 11.6. The van der Waals surface area contributed by atoms with Crippen molar-refractivity contribution in [2.75, 3.05) is 0 Å². The van der Waals surface area contributed by atoms with E-state index in [1.807, 2.05) is 91.1 Å². The molecule has 4 nitrogen and oxygen atoms in total. The molecule has 0 aliphatic carbocycles. The van der Waals surface area contributed by atoms with E-state index in [0.717, 1.165) is 22.3 Å². The maximum Gasteiger partial charge on any atom is 0.278 e. The van der Waals surface area contributed by atoms with Gasteiger partial charge in [0.15, 0.2) is 5.16 Å². The Hall–Kier alpha value is -3.28. The molecule has 32 heavy (non-hydrogen) atoms. The molecule has 0 saturated heterocycles. The van der Waals surface area contributed by atoms with Crippen LogP contribution < -0.4 is 5.56 Å². The summed E-state index contributed by atoms with van der Waals surface area (Å²) in [7, 11) is 0. The number of nitrogens with one attached hydrogen (secondary N) is 1. The number of fused-ring (bicyclic) bond motifs is 1. The zero-order chi connectivity index (χ0) is 21.9. The Morgan fingerprint density at radius 3 is 2.34 bits per heavy atom. The number of aromatic nitrogens is 3. The lowest BCUT2D eigenvalue weighted by Gasteiger charge is -2.13. The third-order valence-corrected chi connectivity index (χ3v) is 6.73. The Kier molecular flexibility index (Phi) is 5.84. The summed E-state index contributed by atoms with van der Waals surface area (Å²) in [4.78, 5) is 21.7. The zero-order valence-corrected chi connectivity index (χ0v) is 18.7. The molecule has 0 saturated carbocycles. The van der Waals surface area contributed by atoms with Crippen LogP contribution in [0.5, 0.6) is 0 Å². The summed E-state index contributed by atoms with van der Waals surface area (Å²) in [6, 6.07) is 27.7. The minimum atomic E-state index is -0.0808. The van der Waals surface area contributed by atoms with Crippen molar-refractivity contribution in [3.8, 4) is 11.1 Å². The van der Waals surface area contributed by atoms with Crippen LogP contribution in [0.1, 0.15) is 11.1 Å². The molecule has 0 fully saturated rings. The Morgan fingerprint density at radius 2 is 1.59 bits per heavy atom. The maximum atomic E-state index is 13.5. The van der Waals surface area contributed by atoms with E-state index in [1.54, 1.807) is 4.57 Å². The summed E-state index contributed by atoms with van der Waals surface area (Å²) in [6.45, 7) is 0.452. The molecule has 0 bridgehead atoms. The highest BCUT2D eigenvalue weighted by molar-refractivity contribution is 7.98. The van der Waals surface area contributed by atoms with Gasteiger partial charge in [-0.2, -0.15) is 0 Å². The fourth-order valence-electron chi connectivity index (χ4n) is 3.68. The molecule has 5 aromatic rings. The van der Waals surface area contributed by atoms with E-state index in [1.165, 1.54) is 11.8 Å². The molecule has 2 aromatic heterocycles. The van der Waals surface area contributed by atoms with Crippen LogP contribution in [0.3, 0.4) is 0 Å². The topological polar surface area (TPSA) is 50.7 Å². The van der Waals surface area contributed by atoms with Gasteiger partial charge in [-0.25, -0.2) is 4.98 Å². The Morgan fingerprint density at radius 1 is 0.906 bits per heavy atom. The SMILES string of the molecule is O=c1c2[nH]cc(-c3ccccc3)c2nc(SCc2ccccc2Cl)n1Cc1ccccc1. The average Bonchev–Trinajstić information content (AvgIpc) is 3.26. The van der Waals surface area contributed by atoms with Crippen LogP contribution in [0.2, 0.25) is 5.02 Å². The summed E-state index contributed by atoms with van der Waals surface area (Å²) in [5, 5.41) is 1.38. The number of thioether (sulfide) groups is 1. The molecule has 5 rings (SSSR count). The minimum Gasteiger partial charge on any atom is -0.355 e. The van der Waals surface area contributed by atoms with Crippen molar-refractivity contribution in [3.05, 3.63) is 118 Å². The Labute approximate surface area is 194 Å². The van der Waals surface area contributed by atoms with Crippen molar-refractivity contribution in [1.82, 2.24) is 14.5 Å². The molecule has 158 valence electrons. The highest BCUT2D eigenvalue weighted by Crippen LogP contribution is 2.30. The van der Waals surface area contributed by atoms with Gasteiger partial charge >= 0.3 is 0 Å². The van der Waals surface area contributed by atoms with Gasteiger partial charge in [-0.1, -0.05) is 102 Å². The van der Waals surface area contributed by atoms with E-state index in [9.17, 15) is 4.79 Å². The lowest BCUT2D eigenvalue weighted by Crippen LogP contribution is -2.24. The van der Waals surface area contributed by atoms with E-state index < -0.39 is 0 Å². The van der Waals surface area contributed by atoms with E-state index in [2.05, 4.69) is 4.98 Å². The van der Waals surface area contributed by atoms with Gasteiger partial charge in [0.2, 0.25) is 0 Å². The summed E-state index contributed by atoms with van der Waals surface area (Å²) >= 11 is 7.89. The molecule has 2 heterocycles. The van der Waals surface area contributed by atoms with Crippen molar-refractivity contribution >= 4 is 34.4 Å². The molecule has 1 N–H and O–H groups in total. The second kappa shape index (κ2) is 9.07. The van der Waals surface area contributed by atoms with Gasteiger partial charge in [0.05, 0.1) is 6.54 Å². The number of benzene rings is 3.